The Bertz CT molecular complexity index is 725. The Labute approximate surface area is 154 Å². The average Bonchev–Trinajstić information content (AvgIpc) is 2.65. The van der Waals surface area contributed by atoms with Gasteiger partial charge in [0, 0.05) is 50.7 Å². The number of amides is 1. The molecule has 2 aromatic rings. The second-order valence-electron chi connectivity index (χ2n) is 6.67. The lowest BCUT2D eigenvalue weighted by Gasteiger charge is -2.34. The zero-order valence-corrected chi connectivity index (χ0v) is 15.4. The van der Waals surface area contributed by atoms with Crippen molar-refractivity contribution < 1.29 is 9.53 Å². The zero-order valence-electron chi connectivity index (χ0n) is 15.4. The van der Waals surface area contributed by atoms with Crippen molar-refractivity contribution in [1.29, 1.82) is 0 Å². The molecule has 6 heteroatoms. The molecule has 0 aliphatic carbocycles. The van der Waals surface area contributed by atoms with Crippen LogP contribution in [0.1, 0.15) is 11.1 Å². The predicted octanol–water partition coefficient (Wildman–Crippen LogP) is 2.15. The van der Waals surface area contributed by atoms with Gasteiger partial charge in [0.1, 0.15) is 0 Å². The van der Waals surface area contributed by atoms with Gasteiger partial charge in [0.05, 0.1) is 13.7 Å². The van der Waals surface area contributed by atoms with Crippen LogP contribution in [0.25, 0.3) is 0 Å². The van der Waals surface area contributed by atoms with Crippen LogP contribution >= 0.6 is 0 Å². The van der Waals surface area contributed by atoms with Crippen LogP contribution in [-0.4, -0.2) is 60.5 Å². The summed E-state index contributed by atoms with van der Waals surface area (Å²) in [5, 5.41) is 2.97. The number of anilines is 1. The molecule has 1 aromatic carbocycles. The molecular weight excluding hydrogens is 328 g/mol. The Balaban J connectivity index is 1.43. The van der Waals surface area contributed by atoms with Crippen molar-refractivity contribution in [3.05, 3.63) is 53.7 Å². The summed E-state index contributed by atoms with van der Waals surface area (Å²) in [6.07, 6.45) is 1.78. The molecule has 138 valence electrons. The van der Waals surface area contributed by atoms with Gasteiger partial charge in [0.2, 0.25) is 11.8 Å². The van der Waals surface area contributed by atoms with E-state index in [-0.39, 0.29) is 5.91 Å². The van der Waals surface area contributed by atoms with Crippen molar-refractivity contribution in [2.24, 2.45) is 0 Å². The van der Waals surface area contributed by atoms with E-state index in [1.54, 1.807) is 13.3 Å². The molecule has 1 amide bonds. The largest absolute Gasteiger partial charge is 0.481 e. The summed E-state index contributed by atoms with van der Waals surface area (Å²) in [6.45, 7) is 7.03. The van der Waals surface area contributed by atoms with Gasteiger partial charge in [0.15, 0.2) is 0 Å². The second kappa shape index (κ2) is 8.78. The molecule has 1 N–H and O–H groups in total. The van der Waals surface area contributed by atoms with E-state index >= 15 is 0 Å². The standard InChI is InChI=1S/C20H26N4O2/c1-16-3-5-18(6-4-16)22-19(25)15-24-11-9-23(10-12-24)14-17-7-8-21-20(13-17)26-2/h3-8,13H,9-12,14-15H2,1-2H3,(H,22,25). The highest BCUT2D eigenvalue weighted by atomic mass is 16.5. The molecule has 1 aliphatic rings. The van der Waals surface area contributed by atoms with Gasteiger partial charge in [-0.05, 0) is 30.7 Å². The van der Waals surface area contributed by atoms with Crippen molar-refractivity contribution >= 4 is 11.6 Å². The maximum absolute atomic E-state index is 12.2. The highest BCUT2D eigenvalue weighted by Gasteiger charge is 2.19. The Morgan fingerprint density at radius 2 is 1.81 bits per heavy atom. The highest BCUT2D eigenvalue weighted by molar-refractivity contribution is 5.92. The lowest BCUT2D eigenvalue weighted by atomic mass is 10.2. The van der Waals surface area contributed by atoms with Crippen molar-refractivity contribution in [3.8, 4) is 5.88 Å². The number of ether oxygens (including phenoxy) is 1. The smallest absolute Gasteiger partial charge is 0.238 e. The Hall–Kier alpha value is -2.44. The maximum atomic E-state index is 12.2. The summed E-state index contributed by atoms with van der Waals surface area (Å²) in [5.74, 6) is 0.690. The quantitative estimate of drug-likeness (QED) is 0.861. The molecule has 0 radical (unpaired) electrons. The molecule has 6 nitrogen and oxygen atoms in total. The third-order valence-corrected chi connectivity index (χ3v) is 4.58. The first-order valence-corrected chi connectivity index (χ1v) is 8.92. The van der Waals surface area contributed by atoms with Crippen LogP contribution in [0.3, 0.4) is 0 Å². The van der Waals surface area contributed by atoms with Gasteiger partial charge in [-0.15, -0.1) is 0 Å². The molecule has 0 spiro atoms. The van der Waals surface area contributed by atoms with Crippen LogP contribution in [0, 0.1) is 6.92 Å². The number of benzene rings is 1. The lowest BCUT2D eigenvalue weighted by molar-refractivity contribution is -0.117. The first-order chi connectivity index (χ1) is 12.6. The van der Waals surface area contributed by atoms with Gasteiger partial charge in [-0.1, -0.05) is 17.7 Å². The number of pyridine rings is 1. The summed E-state index contributed by atoms with van der Waals surface area (Å²) in [4.78, 5) is 21.0. The molecule has 1 aliphatic heterocycles. The third kappa shape index (κ3) is 5.28. The number of nitrogens with one attached hydrogen (secondary N) is 1. The van der Waals surface area contributed by atoms with E-state index in [4.69, 9.17) is 4.74 Å². The summed E-state index contributed by atoms with van der Waals surface area (Å²) in [7, 11) is 1.63. The first kappa shape index (κ1) is 18.4. The molecule has 1 fully saturated rings. The number of methoxy groups -OCH3 is 1. The zero-order chi connectivity index (χ0) is 18.4. The molecule has 3 rings (SSSR count). The fourth-order valence-corrected chi connectivity index (χ4v) is 3.06. The molecule has 1 saturated heterocycles. The minimum Gasteiger partial charge on any atom is -0.481 e. The van der Waals surface area contributed by atoms with E-state index in [0.29, 0.717) is 12.4 Å². The summed E-state index contributed by atoms with van der Waals surface area (Å²) < 4.78 is 5.18. The van der Waals surface area contributed by atoms with Crippen LogP contribution in [0.4, 0.5) is 5.69 Å². The van der Waals surface area contributed by atoms with Gasteiger partial charge in [-0.2, -0.15) is 0 Å². The summed E-state index contributed by atoms with van der Waals surface area (Å²) >= 11 is 0. The Morgan fingerprint density at radius 3 is 2.50 bits per heavy atom. The number of rotatable bonds is 6. The fourth-order valence-electron chi connectivity index (χ4n) is 3.06. The topological polar surface area (TPSA) is 57.7 Å². The third-order valence-electron chi connectivity index (χ3n) is 4.58. The number of piperazine rings is 1. The van der Waals surface area contributed by atoms with E-state index in [0.717, 1.165) is 38.4 Å². The minimum atomic E-state index is 0.0428. The number of carbonyl (C=O) groups is 1. The molecular formula is C20H26N4O2. The minimum absolute atomic E-state index is 0.0428. The van der Waals surface area contributed by atoms with Gasteiger partial charge in [0.25, 0.3) is 0 Å². The van der Waals surface area contributed by atoms with Gasteiger partial charge >= 0.3 is 0 Å². The highest BCUT2D eigenvalue weighted by Crippen LogP contribution is 2.13. The SMILES string of the molecule is COc1cc(CN2CCN(CC(=O)Nc3ccc(C)cc3)CC2)ccn1. The predicted molar refractivity (Wildman–Crippen MR) is 102 cm³/mol. The van der Waals surface area contributed by atoms with Gasteiger partial charge in [-0.3, -0.25) is 14.6 Å². The van der Waals surface area contributed by atoms with Crippen LogP contribution in [0.5, 0.6) is 5.88 Å². The Morgan fingerprint density at radius 1 is 1.12 bits per heavy atom. The number of aryl methyl sites for hydroxylation is 1. The van der Waals surface area contributed by atoms with Crippen molar-refractivity contribution in [1.82, 2.24) is 14.8 Å². The van der Waals surface area contributed by atoms with Crippen molar-refractivity contribution in [3.63, 3.8) is 0 Å². The van der Waals surface area contributed by atoms with Gasteiger partial charge < -0.3 is 10.1 Å². The van der Waals surface area contributed by atoms with E-state index < -0.39 is 0 Å². The number of hydrogen-bond acceptors (Lipinski definition) is 5. The normalized spacial score (nSPS) is 15.6. The number of nitrogens with zero attached hydrogens (tertiary/aromatic N) is 3. The van der Waals surface area contributed by atoms with Crippen LogP contribution in [-0.2, 0) is 11.3 Å². The summed E-state index contributed by atoms with van der Waals surface area (Å²) in [6, 6.07) is 11.9. The van der Waals surface area contributed by atoms with Crippen LogP contribution in [0.2, 0.25) is 0 Å². The van der Waals surface area contributed by atoms with Gasteiger partial charge in [-0.25, -0.2) is 4.98 Å². The number of aromatic nitrogens is 1. The molecule has 1 aromatic heterocycles. The molecule has 0 saturated carbocycles. The number of hydrogen-bond donors (Lipinski definition) is 1. The average molecular weight is 354 g/mol. The molecule has 26 heavy (non-hydrogen) atoms. The van der Waals surface area contributed by atoms with E-state index in [9.17, 15) is 4.79 Å². The Kier molecular flexibility index (Phi) is 6.20. The molecule has 0 bridgehead atoms. The second-order valence-corrected chi connectivity index (χ2v) is 6.67. The maximum Gasteiger partial charge on any atom is 0.238 e. The molecule has 0 unspecified atom stereocenters. The molecule has 0 atom stereocenters. The summed E-state index contributed by atoms with van der Waals surface area (Å²) in [5.41, 5.74) is 3.24. The van der Waals surface area contributed by atoms with Crippen molar-refractivity contribution in [2.75, 3.05) is 45.2 Å². The van der Waals surface area contributed by atoms with Crippen LogP contribution in [0.15, 0.2) is 42.6 Å². The van der Waals surface area contributed by atoms with E-state index in [1.165, 1.54) is 11.1 Å². The first-order valence-electron chi connectivity index (χ1n) is 8.92. The van der Waals surface area contributed by atoms with E-state index in [1.807, 2.05) is 43.3 Å². The van der Waals surface area contributed by atoms with E-state index in [2.05, 4.69) is 20.1 Å². The number of carbonyl (C=O) groups excluding carboxylic acids is 1. The monoisotopic (exact) mass is 354 g/mol. The molecule has 2 heterocycles. The van der Waals surface area contributed by atoms with Crippen LogP contribution < -0.4 is 10.1 Å². The fraction of sp³-hybridized carbons (Fsp3) is 0.400. The lowest BCUT2D eigenvalue weighted by Crippen LogP contribution is -2.48. The van der Waals surface area contributed by atoms with Crippen molar-refractivity contribution in [2.45, 2.75) is 13.5 Å².